The molecule has 1 N–H and O–H groups in total. The van der Waals surface area contributed by atoms with E-state index in [0.717, 1.165) is 18.4 Å². The van der Waals surface area contributed by atoms with E-state index in [9.17, 15) is 4.57 Å². The van der Waals surface area contributed by atoms with Crippen molar-refractivity contribution in [1.82, 2.24) is 4.98 Å². The molecule has 0 amide bonds. The second kappa shape index (κ2) is 8.58. The Morgan fingerprint density at radius 1 is 1.15 bits per heavy atom. The van der Waals surface area contributed by atoms with Gasteiger partial charge in [-0.15, -0.1) is 0 Å². The van der Waals surface area contributed by atoms with Crippen molar-refractivity contribution in [2.24, 2.45) is 17.8 Å². The fraction of sp³-hybridized carbons (Fsp3) is 0.500. The quantitative estimate of drug-likeness (QED) is 0.638. The molecule has 0 aliphatic heterocycles. The second-order valence-corrected chi connectivity index (χ2v) is 10.2. The lowest BCUT2D eigenvalue weighted by Crippen LogP contribution is -2.35. The summed E-state index contributed by atoms with van der Waals surface area (Å²) >= 11 is 0. The number of rotatable bonds is 6. The van der Waals surface area contributed by atoms with Crippen molar-refractivity contribution >= 4 is 18.6 Å². The molecule has 0 unspecified atom stereocenters. The number of hydrogen-bond donors (Lipinski definition) is 1. The van der Waals surface area contributed by atoms with Crippen molar-refractivity contribution in [2.75, 3.05) is 5.09 Å². The van der Waals surface area contributed by atoms with Gasteiger partial charge in [0.15, 0.2) is 0 Å². The molecule has 0 bridgehead atoms. The van der Waals surface area contributed by atoms with Gasteiger partial charge in [-0.2, -0.15) is 0 Å². The lowest BCUT2D eigenvalue weighted by Gasteiger charge is -2.39. The maximum atomic E-state index is 14.1. The predicted molar refractivity (Wildman–Crippen MR) is 112 cm³/mol. The highest BCUT2D eigenvalue weighted by molar-refractivity contribution is 7.68. The fourth-order valence-corrected chi connectivity index (χ4v) is 5.95. The molecule has 0 saturated heterocycles. The van der Waals surface area contributed by atoms with Crippen LogP contribution in [0.25, 0.3) is 0 Å². The number of nitrogens with one attached hydrogen (secondary N) is 1. The summed E-state index contributed by atoms with van der Waals surface area (Å²) in [5.41, 5.74) is 0.953. The summed E-state index contributed by atoms with van der Waals surface area (Å²) in [5, 5.41) is 3.87. The highest BCUT2D eigenvalue weighted by atomic mass is 31.2. The molecule has 1 heterocycles. The molecule has 1 aromatic heterocycles. The van der Waals surface area contributed by atoms with Gasteiger partial charge in [-0.3, -0.25) is 9.65 Å². The Labute approximate surface area is 163 Å². The minimum Gasteiger partial charge on any atom is -0.306 e. The molecule has 0 spiro atoms. The van der Waals surface area contributed by atoms with Crippen molar-refractivity contribution in [3.05, 3.63) is 54.2 Å². The number of aromatic nitrogens is 1. The van der Waals surface area contributed by atoms with Gasteiger partial charge >= 0.3 is 7.52 Å². The van der Waals surface area contributed by atoms with E-state index in [1.165, 1.54) is 6.42 Å². The van der Waals surface area contributed by atoms with Gasteiger partial charge in [0.25, 0.3) is 0 Å². The molecular formula is C22H31N2O2P. The summed E-state index contributed by atoms with van der Waals surface area (Å²) in [6.07, 6.45) is 4.98. The largest absolute Gasteiger partial charge is 0.325 e. The summed E-state index contributed by atoms with van der Waals surface area (Å²) in [4.78, 5) is 4.39. The Balaban J connectivity index is 1.95. The van der Waals surface area contributed by atoms with Crippen LogP contribution in [0.4, 0.5) is 5.82 Å². The van der Waals surface area contributed by atoms with Gasteiger partial charge in [-0.1, -0.05) is 51.5 Å². The van der Waals surface area contributed by atoms with Crippen molar-refractivity contribution in [1.29, 1.82) is 0 Å². The number of pyridine rings is 1. The summed E-state index contributed by atoms with van der Waals surface area (Å²) in [5.74, 6) is 2.13. The zero-order valence-electron chi connectivity index (χ0n) is 16.8. The van der Waals surface area contributed by atoms with Crippen molar-refractivity contribution in [3.63, 3.8) is 0 Å². The van der Waals surface area contributed by atoms with E-state index in [0.29, 0.717) is 28.9 Å². The molecule has 1 aliphatic carbocycles. The van der Waals surface area contributed by atoms with Crippen molar-refractivity contribution in [2.45, 2.75) is 53.1 Å². The molecule has 1 saturated carbocycles. The van der Waals surface area contributed by atoms with Crippen molar-refractivity contribution < 1.29 is 9.09 Å². The topological polar surface area (TPSA) is 51.2 Å². The van der Waals surface area contributed by atoms with Crippen LogP contribution in [0, 0.1) is 24.7 Å². The van der Waals surface area contributed by atoms with E-state index in [4.69, 9.17) is 4.52 Å². The van der Waals surface area contributed by atoms with Crippen LogP contribution in [-0.4, -0.2) is 11.1 Å². The highest BCUT2D eigenvalue weighted by Gasteiger charge is 2.38. The standard InChI is InChI=1S/C22H31N2O2P/c1-16(2)20-13-12-17(3)15-21(20)26-27(25,19-10-6-5-7-11-19)24-22-18(4)9-8-14-23-22/h5-11,14,16-17,20-21H,12-13,15H2,1-4H3,(H,23,24,25)/t17-,20+,21-,27-/m1/s1. The Morgan fingerprint density at radius 3 is 2.56 bits per heavy atom. The minimum absolute atomic E-state index is 0.0173. The third-order valence-corrected chi connectivity index (χ3v) is 7.66. The van der Waals surface area contributed by atoms with E-state index in [1.807, 2.05) is 49.4 Å². The van der Waals surface area contributed by atoms with Gasteiger partial charge in [0.1, 0.15) is 5.82 Å². The summed E-state index contributed by atoms with van der Waals surface area (Å²) < 4.78 is 20.6. The molecule has 3 rings (SSSR count). The second-order valence-electron chi connectivity index (χ2n) is 8.14. The van der Waals surface area contributed by atoms with Crippen LogP contribution in [0.2, 0.25) is 0 Å². The van der Waals surface area contributed by atoms with E-state index in [2.05, 4.69) is 30.8 Å². The number of nitrogens with zero attached hydrogens (tertiary/aromatic N) is 1. The van der Waals surface area contributed by atoms with Crippen LogP contribution in [-0.2, 0) is 9.09 Å². The normalized spacial score (nSPS) is 25.1. The Hall–Kier alpha value is -1.64. The van der Waals surface area contributed by atoms with E-state index >= 15 is 0 Å². The Kier molecular flexibility index (Phi) is 6.39. The minimum atomic E-state index is -3.31. The third-order valence-electron chi connectivity index (χ3n) is 5.60. The van der Waals surface area contributed by atoms with Gasteiger partial charge in [0, 0.05) is 6.20 Å². The molecule has 2 aromatic rings. The molecule has 1 aliphatic rings. The first-order valence-electron chi connectivity index (χ1n) is 9.93. The van der Waals surface area contributed by atoms with Gasteiger partial charge in [0.2, 0.25) is 0 Å². The monoisotopic (exact) mass is 386 g/mol. The van der Waals surface area contributed by atoms with Crippen molar-refractivity contribution in [3.8, 4) is 0 Å². The summed E-state index contributed by atoms with van der Waals surface area (Å²) in [6.45, 7) is 8.70. The van der Waals surface area contributed by atoms with Crippen LogP contribution in [0.15, 0.2) is 48.7 Å². The van der Waals surface area contributed by atoms with Crippen LogP contribution >= 0.6 is 7.52 Å². The molecule has 1 aromatic carbocycles. The predicted octanol–water partition coefficient (Wildman–Crippen LogP) is 5.80. The average Bonchev–Trinajstić information content (AvgIpc) is 2.64. The van der Waals surface area contributed by atoms with Gasteiger partial charge < -0.3 is 4.52 Å². The van der Waals surface area contributed by atoms with Gasteiger partial charge in [-0.05, 0) is 61.3 Å². The Morgan fingerprint density at radius 2 is 1.89 bits per heavy atom. The number of anilines is 1. The molecule has 0 radical (unpaired) electrons. The van der Waals surface area contributed by atoms with Crippen LogP contribution < -0.4 is 10.4 Å². The lowest BCUT2D eigenvalue weighted by molar-refractivity contribution is 0.0505. The maximum Gasteiger partial charge on any atom is 0.325 e. The SMILES string of the molecule is Cc1cccnc1N[P@](=O)(O[C@@H]1C[C@H](C)CC[C@H]1C(C)C)c1ccccc1. The molecular weight excluding hydrogens is 355 g/mol. The number of benzene rings is 1. The summed E-state index contributed by atoms with van der Waals surface area (Å²) in [6, 6.07) is 13.3. The molecule has 5 heteroatoms. The van der Waals surface area contributed by atoms with Crippen LogP contribution in [0.5, 0.6) is 0 Å². The van der Waals surface area contributed by atoms with Gasteiger partial charge in [0.05, 0.1) is 11.4 Å². The fourth-order valence-electron chi connectivity index (χ4n) is 3.94. The first kappa shape index (κ1) is 20.1. The molecule has 27 heavy (non-hydrogen) atoms. The molecule has 146 valence electrons. The number of aryl methyl sites for hydroxylation is 1. The smallest absolute Gasteiger partial charge is 0.306 e. The van der Waals surface area contributed by atoms with Gasteiger partial charge in [-0.25, -0.2) is 4.98 Å². The van der Waals surface area contributed by atoms with E-state index in [-0.39, 0.29) is 6.10 Å². The van der Waals surface area contributed by atoms with E-state index in [1.54, 1.807) is 6.20 Å². The van der Waals surface area contributed by atoms with Crippen LogP contribution in [0.3, 0.4) is 0 Å². The third kappa shape index (κ3) is 4.80. The lowest BCUT2D eigenvalue weighted by atomic mass is 9.75. The zero-order valence-corrected chi connectivity index (χ0v) is 17.7. The number of hydrogen-bond acceptors (Lipinski definition) is 3. The molecule has 4 atom stereocenters. The first-order chi connectivity index (χ1) is 12.9. The zero-order chi connectivity index (χ0) is 19.4. The first-order valence-corrected chi connectivity index (χ1v) is 11.6. The van der Waals surface area contributed by atoms with E-state index < -0.39 is 7.52 Å². The van der Waals surface area contributed by atoms with Crippen LogP contribution in [0.1, 0.15) is 45.6 Å². The summed E-state index contributed by atoms with van der Waals surface area (Å²) in [7, 11) is -3.31. The Bertz CT molecular complexity index is 794. The molecule has 4 nitrogen and oxygen atoms in total. The maximum absolute atomic E-state index is 14.1. The molecule has 1 fully saturated rings. The highest BCUT2D eigenvalue weighted by Crippen LogP contribution is 2.51. The average molecular weight is 386 g/mol.